The van der Waals surface area contributed by atoms with Crippen LogP contribution in [0, 0.1) is 0 Å². The lowest BCUT2D eigenvalue weighted by molar-refractivity contribution is -0.121. The van der Waals surface area contributed by atoms with Gasteiger partial charge in [0, 0.05) is 12.5 Å². The van der Waals surface area contributed by atoms with Gasteiger partial charge in [0.25, 0.3) is 0 Å². The van der Waals surface area contributed by atoms with Crippen molar-refractivity contribution in [1.29, 1.82) is 0 Å². The Hall–Kier alpha value is -2.08. The van der Waals surface area contributed by atoms with Crippen LogP contribution in [0.4, 0.5) is 4.79 Å². The van der Waals surface area contributed by atoms with E-state index in [0.29, 0.717) is 6.42 Å². The Morgan fingerprint density at radius 2 is 1.83 bits per heavy atom. The Labute approximate surface area is 142 Å². The average Bonchev–Trinajstić information content (AvgIpc) is 2.90. The van der Waals surface area contributed by atoms with Crippen LogP contribution in [0.3, 0.4) is 0 Å². The third-order valence-corrected chi connectivity index (χ3v) is 4.87. The van der Waals surface area contributed by atoms with Crippen LogP contribution in [0.5, 0.6) is 0 Å². The first-order valence-electron chi connectivity index (χ1n) is 8.73. The van der Waals surface area contributed by atoms with Crippen LogP contribution in [0.1, 0.15) is 49.3 Å². The molecular formula is C18H25N3O3. The van der Waals surface area contributed by atoms with Gasteiger partial charge < -0.3 is 21.1 Å². The van der Waals surface area contributed by atoms with Gasteiger partial charge in [-0.25, -0.2) is 4.79 Å². The summed E-state index contributed by atoms with van der Waals surface area (Å²) in [4.78, 5) is 24.0. The van der Waals surface area contributed by atoms with Crippen LogP contribution in [-0.2, 0) is 11.2 Å². The van der Waals surface area contributed by atoms with Crippen molar-refractivity contribution in [3.63, 3.8) is 0 Å². The van der Waals surface area contributed by atoms with Gasteiger partial charge in [-0.3, -0.25) is 4.79 Å². The van der Waals surface area contributed by atoms with Gasteiger partial charge in [0.2, 0.25) is 5.91 Å². The number of aliphatic hydroxyl groups excluding tert-OH is 1. The summed E-state index contributed by atoms with van der Waals surface area (Å²) >= 11 is 0. The lowest BCUT2D eigenvalue weighted by Gasteiger charge is -2.23. The highest BCUT2D eigenvalue weighted by molar-refractivity contribution is 5.84. The summed E-state index contributed by atoms with van der Waals surface area (Å²) in [5.74, 6) is -0.297. The van der Waals surface area contributed by atoms with Crippen molar-refractivity contribution in [2.24, 2.45) is 0 Å². The molecule has 2 atom stereocenters. The van der Waals surface area contributed by atoms with Crippen molar-refractivity contribution in [3.8, 4) is 0 Å². The van der Waals surface area contributed by atoms with Crippen LogP contribution in [-0.4, -0.2) is 35.7 Å². The highest BCUT2D eigenvalue weighted by atomic mass is 16.3. The van der Waals surface area contributed by atoms with Crippen LogP contribution in [0.25, 0.3) is 0 Å². The van der Waals surface area contributed by atoms with Crippen molar-refractivity contribution < 1.29 is 14.7 Å². The molecule has 4 N–H and O–H groups in total. The van der Waals surface area contributed by atoms with E-state index in [1.54, 1.807) is 0 Å². The highest BCUT2D eigenvalue weighted by Crippen LogP contribution is 2.30. The summed E-state index contributed by atoms with van der Waals surface area (Å²) in [6, 6.07) is 7.20. The van der Waals surface area contributed by atoms with E-state index < -0.39 is 12.1 Å². The van der Waals surface area contributed by atoms with Crippen molar-refractivity contribution in [2.45, 2.75) is 56.7 Å². The Bertz CT molecular complexity index is 599. The number of carbonyl (C=O) groups excluding carboxylic acids is 2. The Morgan fingerprint density at radius 1 is 1.08 bits per heavy atom. The second-order valence-electron chi connectivity index (χ2n) is 6.68. The van der Waals surface area contributed by atoms with Gasteiger partial charge in [0.1, 0.15) is 0 Å². The molecule has 0 saturated heterocycles. The molecule has 6 nitrogen and oxygen atoms in total. The third kappa shape index (κ3) is 4.06. The number of rotatable bonds is 4. The molecule has 0 aromatic heterocycles. The lowest BCUT2D eigenvalue weighted by Crippen LogP contribution is -2.47. The van der Waals surface area contributed by atoms with Crippen molar-refractivity contribution in [1.82, 2.24) is 16.0 Å². The van der Waals surface area contributed by atoms with E-state index in [1.165, 1.54) is 6.42 Å². The average molecular weight is 331 g/mol. The SMILES string of the molecule is O=C(CNC(=O)NC1CCCCC1)NC1c2ccccc2CC1O. The normalized spacial score (nSPS) is 23.4. The first-order chi connectivity index (χ1) is 11.6. The minimum Gasteiger partial charge on any atom is -0.390 e. The monoisotopic (exact) mass is 331 g/mol. The van der Waals surface area contributed by atoms with E-state index in [-0.39, 0.29) is 24.5 Å². The number of amides is 3. The largest absolute Gasteiger partial charge is 0.390 e. The molecule has 2 unspecified atom stereocenters. The molecule has 0 bridgehead atoms. The van der Waals surface area contributed by atoms with E-state index in [4.69, 9.17) is 0 Å². The van der Waals surface area contributed by atoms with Gasteiger partial charge in [0.15, 0.2) is 0 Å². The lowest BCUT2D eigenvalue weighted by atomic mass is 9.96. The standard InChI is InChI=1S/C18H25N3O3/c22-15-10-12-6-4-5-9-14(12)17(15)21-16(23)11-19-18(24)20-13-7-2-1-3-8-13/h4-6,9,13,15,17,22H,1-3,7-8,10-11H2,(H,21,23)(H2,19,20,24). The van der Waals surface area contributed by atoms with Gasteiger partial charge in [0.05, 0.1) is 18.7 Å². The summed E-state index contributed by atoms with van der Waals surface area (Å²) in [6.07, 6.45) is 5.44. The number of carbonyl (C=O) groups is 2. The molecule has 3 amide bonds. The minimum atomic E-state index is -0.623. The molecule has 0 heterocycles. The molecule has 0 radical (unpaired) electrons. The molecular weight excluding hydrogens is 306 g/mol. The van der Waals surface area contributed by atoms with Gasteiger partial charge in [-0.2, -0.15) is 0 Å². The number of aliphatic hydroxyl groups is 1. The third-order valence-electron chi connectivity index (χ3n) is 4.87. The molecule has 0 aliphatic heterocycles. The summed E-state index contributed by atoms with van der Waals surface area (Å²) in [5, 5.41) is 18.5. The summed E-state index contributed by atoms with van der Waals surface area (Å²) in [5.41, 5.74) is 2.00. The molecule has 130 valence electrons. The molecule has 1 aromatic carbocycles. The predicted molar refractivity (Wildman–Crippen MR) is 90.4 cm³/mol. The van der Waals surface area contributed by atoms with E-state index in [2.05, 4.69) is 16.0 Å². The molecule has 0 spiro atoms. The molecule has 24 heavy (non-hydrogen) atoms. The van der Waals surface area contributed by atoms with Crippen LogP contribution in [0.2, 0.25) is 0 Å². The second-order valence-corrected chi connectivity index (χ2v) is 6.68. The van der Waals surface area contributed by atoms with Crippen LogP contribution >= 0.6 is 0 Å². The quantitative estimate of drug-likeness (QED) is 0.672. The van der Waals surface area contributed by atoms with Crippen molar-refractivity contribution >= 4 is 11.9 Å². The van der Waals surface area contributed by atoms with E-state index >= 15 is 0 Å². The first kappa shape index (κ1) is 16.8. The summed E-state index contributed by atoms with van der Waals surface area (Å²) < 4.78 is 0. The maximum Gasteiger partial charge on any atom is 0.315 e. The zero-order valence-corrected chi connectivity index (χ0v) is 13.8. The van der Waals surface area contributed by atoms with E-state index in [1.807, 2.05) is 24.3 Å². The molecule has 1 fully saturated rings. The number of benzene rings is 1. The van der Waals surface area contributed by atoms with Gasteiger partial charge >= 0.3 is 6.03 Å². The number of hydrogen-bond acceptors (Lipinski definition) is 3. The number of hydrogen-bond donors (Lipinski definition) is 4. The molecule has 1 aromatic rings. The molecule has 2 aliphatic carbocycles. The Balaban J connectivity index is 1.45. The van der Waals surface area contributed by atoms with Gasteiger partial charge in [-0.1, -0.05) is 43.5 Å². The van der Waals surface area contributed by atoms with E-state index in [0.717, 1.165) is 36.8 Å². The number of nitrogens with one attached hydrogen (secondary N) is 3. The maximum absolute atomic E-state index is 12.1. The van der Waals surface area contributed by atoms with Gasteiger partial charge in [-0.15, -0.1) is 0 Å². The maximum atomic E-state index is 12.1. The second kappa shape index (κ2) is 7.66. The fourth-order valence-electron chi connectivity index (χ4n) is 3.62. The fourth-order valence-corrected chi connectivity index (χ4v) is 3.62. The predicted octanol–water partition coefficient (Wildman–Crippen LogP) is 1.39. The highest BCUT2D eigenvalue weighted by Gasteiger charge is 2.31. The molecule has 6 heteroatoms. The molecule has 3 rings (SSSR count). The Kier molecular flexibility index (Phi) is 5.35. The zero-order chi connectivity index (χ0) is 16.9. The smallest absolute Gasteiger partial charge is 0.315 e. The van der Waals surface area contributed by atoms with Crippen molar-refractivity contribution in [3.05, 3.63) is 35.4 Å². The minimum absolute atomic E-state index is 0.0933. The number of fused-ring (bicyclic) bond motifs is 1. The molecule has 2 aliphatic rings. The zero-order valence-electron chi connectivity index (χ0n) is 13.8. The molecule has 1 saturated carbocycles. The van der Waals surface area contributed by atoms with Crippen LogP contribution in [0.15, 0.2) is 24.3 Å². The van der Waals surface area contributed by atoms with Crippen molar-refractivity contribution in [2.75, 3.05) is 6.54 Å². The first-order valence-corrected chi connectivity index (χ1v) is 8.73. The van der Waals surface area contributed by atoms with E-state index in [9.17, 15) is 14.7 Å². The number of urea groups is 1. The Morgan fingerprint density at radius 3 is 2.62 bits per heavy atom. The van der Waals surface area contributed by atoms with Gasteiger partial charge in [-0.05, 0) is 24.0 Å². The van der Waals surface area contributed by atoms with Crippen LogP contribution < -0.4 is 16.0 Å². The topological polar surface area (TPSA) is 90.5 Å². The summed E-state index contributed by atoms with van der Waals surface area (Å²) in [6.45, 7) is -0.0933. The fraction of sp³-hybridized carbons (Fsp3) is 0.556. The summed E-state index contributed by atoms with van der Waals surface area (Å²) in [7, 11) is 0.